The topological polar surface area (TPSA) is 73.4 Å². The Hall–Kier alpha value is -4.58. The minimum absolute atomic E-state index is 0.00316. The molecule has 2 aromatic heterocycles. The smallest absolute Gasteiger partial charge is 0.416 e. The third-order valence-electron chi connectivity index (χ3n) is 7.89. The third kappa shape index (κ3) is 5.57. The molecule has 3 heterocycles. The highest BCUT2D eigenvalue weighted by atomic mass is 19.4. The number of aromatic nitrogens is 3. The van der Waals surface area contributed by atoms with Gasteiger partial charge in [-0.15, -0.1) is 10.2 Å². The summed E-state index contributed by atoms with van der Waals surface area (Å²) in [6, 6.07) is 13.3. The predicted octanol–water partition coefficient (Wildman–Crippen LogP) is 6.56. The molecule has 1 fully saturated rings. The first-order chi connectivity index (χ1) is 20.9. The van der Waals surface area contributed by atoms with Crippen LogP contribution in [0.25, 0.3) is 22.4 Å². The lowest BCUT2D eigenvalue weighted by Crippen LogP contribution is -2.36. The Morgan fingerprint density at radius 3 is 2.20 bits per heavy atom. The van der Waals surface area contributed by atoms with Crippen LogP contribution in [-0.4, -0.2) is 41.1 Å². The zero-order chi connectivity index (χ0) is 31.2. The van der Waals surface area contributed by atoms with E-state index in [4.69, 9.17) is 9.15 Å². The molecule has 12 heteroatoms. The van der Waals surface area contributed by atoms with E-state index in [1.165, 1.54) is 30.5 Å². The van der Waals surface area contributed by atoms with Gasteiger partial charge in [-0.3, -0.25) is 4.79 Å². The summed E-state index contributed by atoms with van der Waals surface area (Å²) in [6.07, 6.45) is -3.00. The van der Waals surface area contributed by atoms with E-state index in [-0.39, 0.29) is 35.0 Å². The number of benzene rings is 3. The third-order valence-corrected chi connectivity index (χ3v) is 7.89. The molecule has 7 nitrogen and oxygen atoms in total. The monoisotopic (exact) mass is 610 g/mol. The molecule has 0 atom stereocenters. The fourth-order valence-corrected chi connectivity index (χ4v) is 5.30. The van der Waals surface area contributed by atoms with Crippen LogP contribution >= 0.6 is 0 Å². The molecule has 0 unspecified atom stereocenters. The molecule has 0 bridgehead atoms. The minimum Gasteiger partial charge on any atom is -0.420 e. The largest absolute Gasteiger partial charge is 0.420 e. The van der Waals surface area contributed by atoms with E-state index in [1.54, 1.807) is 22.8 Å². The fourth-order valence-electron chi connectivity index (χ4n) is 5.30. The summed E-state index contributed by atoms with van der Waals surface area (Å²) in [4.78, 5) is 15.6. The van der Waals surface area contributed by atoms with Crippen LogP contribution in [-0.2, 0) is 22.9 Å². The first-order valence-corrected chi connectivity index (χ1v) is 13.9. The SMILES string of the molecule is CC(C)(c1ccc(F)cc1)c1nnc(-c2cn(Cc3ccc(C(F)(F)F)cc3)c3cc(N4CCOCC4)c(F)cc3c2=O)o1. The zero-order valence-corrected chi connectivity index (χ0v) is 23.8. The van der Waals surface area contributed by atoms with Gasteiger partial charge in [0.05, 0.1) is 35.4 Å². The van der Waals surface area contributed by atoms with Gasteiger partial charge in [-0.25, -0.2) is 8.78 Å². The van der Waals surface area contributed by atoms with Crippen LogP contribution in [0, 0.1) is 11.6 Å². The molecule has 1 aliphatic heterocycles. The van der Waals surface area contributed by atoms with Crippen molar-refractivity contribution in [1.29, 1.82) is 0 Å². The van der Waals surface area contributed by atoms with Crippen molar-refractivity contribution < 1.29 is 31.1 Å². The Morgan fingerprint density at radius 2 is 1.55 bits per heavy atom. The van der Waals surface area contributed by atoms with Crippen molar-refractivity contribution in [3.63, 3.8) is 0 Å². The number of hydrogen-bond donors (Lipinski definition) is 0. The number of rotatable bonds is 6. The summed E-state index contributed by atoms with van der Waals surface area (Å²) >= 11 is 0. The molecule has 44 heavy (non-hydrogen) atoms. The van der Waals surface area contributed by atoms with Crippen LogP contribution in [0.1, 0.15) is 36.4 Å². The van der Waals surface area contributed by atoms with Gasteiger partial charge in [0, 0.05) is 31.2 Å². The van der Waals surface area contributed by atoms with Crippen molar-refractivity contribution in [3.05, 3.63) is 111 Å². The first-order valence-electron chi connectivity index (χ1n) is 13.9. The van der Waals surface area contributed by atoms with E-state index >= 15 is 4.39 Å². The van der Waals surface area contributed by atoms with Gasteiger partial charge in [-0.1, -0.05) is 24.3 Å². The summed E-state index contributed by atoms with van der Waals surface area (Å²) in [5.74, 6) is -0.939. The Labute approximate surface area is 248 Å². The molecular weight excluding hydrogens is 583 g/mol. The van der Waals surface area contributed by atoms with E-state index < -0.39 is 34.2 Å². The average Bonchev–Trinajstić information content (AvgIpc) is 3.50. The molecule has 0 saturated carbocycles. The Bertz CT molecular complexity index is 1870. The standard InChI is InChI=1S/C32H27F5N4O3/c1-31(2,20-7-9-22(33)10-8-20)30-39-38-29(44-30)24-18-41(17-19-3-5-21(6-4-19)32(35,36)37)26-16-27(40-11-13-43-14-12-40)25(34)15-23(26)28(24)42/h3-10,15-16,18H,11-14,17H2,1-2H3. The summed E-state index contributed by atoms with van der Waals surface area (Å²) in [5.41, 5.74) is -0.287. The number of anilines is 1. The van der Waals surface area contributed by atoms with Gasteiger partial charge < -0.3 is 18.6 Å². The highest BCUT2D eigenvalue weighted by Crippen LogP contribution is 2.34. The normalized spacial score (nSPS) is 14.4. The molecule has 5 aromatic rings. The van der Waals surface area contributed by atoms with E-state index in [0.29, 0.717) is 42.9 Å². The highest BCUT2D eigenvalue weighted by Gasteiger charge is 2.32. The van der Waals surface area contributed by atoms with Gasteiger partial charge in [0.2, 0.25) is 11.3 Å². The molecule has 1 aliphatic rings. The van der Waals surface area contributed by atoms with Gasteiger partial charge in [0.1, 0.15) is 17.2 Å². The molecule has 3 aromatic carbocycles. The zero-order valence-electron chi connectivity index (χ0n) is 23.8. The van der Waals surface area contributed by atoms with Crippen LogP contribution in [0.3, 0.4) is 0 Å². The number of alkyl halides is 3. The highest BCUT2D eigenvalue weighted by molar-refractivity contribution is 5.86. The van der Waals surface area contributed by atoms with Crippen LogP contribution in [0.4, 0.5) is 27.6 Å². The maximum atomic E-state index is 15.5. The van der Waals surface area contributed by atoms with Crippen LogP contribution in [0.15, 0.2) is 76.1 Å². The van der Waals surface area contributed by atoms with E-state index in [0.717, 1.165) is 18.2 Å². The number of fused-ring (bicyclic) bond motifs is 1. The van der Waals surface area contributed by atoms with Gasteiger partial charge >= 0.3 is 6.18 Å². The van der Waals surface area contributed by atoms with Crippen molar-refractivity contribution in [3.8, 4) is 11.5 Å². The Morgan fingerprint density at radius 1 is 0.886 bits per heavy atom. The number of hydrogen-bond acceptors (Lipinski definition) is 6. The first kappa shape index (κ1) is 29.5. The lowest BCUT2D eigenvalue weighted by Gasteiger charge is -2.29. The molecule has 0 aliphatic carbocycles. The van der Waals surface area contributed by atoms with E-state index in [9.17, 15) is 22.4 Å². The summed E-state index contributed by atoms with van der Waals surface area (Å²) in [5, 5.41) is 8.33. The second-order valence-corrected chi connectivity index (χ2v) is 11.2. The molecular formula is C32H27F5N4O3. The van der Waals surface area contributed by atoms with Crippen LogP contribution in [0.2, 0.25) is 0 Å². The lowest BCUT2D eigenvalue weighted by molar-refractivity contribution is -0.137. The van der Waals surface area contributed by atoms with Crippen molar-refractivity contribution in [2.24, 2.45) is 0 Å². The molecule has 6 rings (SSSR count). The quantitative estimate of drug-likeness (QED) is 0.203. The number of morpholine rings is 1. The predicted molar refractivity (Wildman–Crippen MR) is 154 cm³/mol. The minimum atomic E-state index is -4.49. The number of nitrogens with zero attached hydrogens (tertiary/aromatic N) is 4. The van der Waals surface area contributed by atoms with Gasteiger partial charge in [0.15, 0.2) is 0 Å². The maximum absolute atomic E-state index is 15.5. The average molecular weight is 611 g/mol. The van der Waals surface area contributed by atoms with Crippen LogP contribution < -0.4 is 10.3 Å². The molecule has 1 saturated heterocycles. The van der Waals surface area contributed by atoms with Gasteiger partial charge in [0.25, 0.3) is 5.89 Å². The molecule has 228 valence electrons. The van der Waals surface area contributed by atoms with Crippen LogP contribution in [0.5, 0.6) is 0 Å². The maximum Gasteiger partial charge on any atom is 0.416 e. The van der Waals surface area contributed by atoms with Crippen molar-refractivity contribution in [2.75, 3.05) is 31.2 Å². The lowest BCUT2D eigenvalue weighted by atomic mass is 9.84. The van der Waals surface area contributed by atoms with E-state index in [1.807, 2.05) is 18.7 Å². The molecule has 0 radical (unpaired) electrons. The fraction of sp³-hybridized carbons (Fsp3) is 0.281. The summed E-state index contributed by atoms with van der Waals surface area (Å²) in [7, 11) is 0. The number of ether oxygens (including phenoxy) is 1. The molecule has 0 N–H and O–H groups in total. The number of halogens is 5. The molecule has 0 amide bonds. The summed E-state index contributed by atoms with van der Waals surface area (Å²) < 4.78 is 81.6. The second-order valence-electron chi connectivity index (χ2n) is 11.2. The van der Waals surface area contributed by atoms with E-state index in [2.05, 4.69) is 10.2 Å². The Kier molecular flexibility index (Phi) is 7.48. The molecule has 0 spiro atoms. The Balaban J connectivity index is 1.47. The summed E-state index contributed by atoms with van der Waals surface area (Å²) in [6.45, 7) is 5.44. The van der Waals surface area contributed by atoms with Crippen molar-refractivity contribution >= 4 is 16.6 Å². The number of pyridine rings is 1. The second kappa shape index (κ2) is 11.2. The van der Waals surface area contributed by atoms with Crippen molar-refractivity contribution in [2.45, 2.75) is 32.0 Å². The van der Waals surface area contributed by atoms with Gasteiger partial charge in [-0.05, 0) is 61.4 Å². The van der Waals surface area contributed by atoms with Crippen molar-refractivity contribution in [1.82, 2.24) is 14.8 Å². The van der Waals surface area contributed by atoms with Gasteiger partial charge in [-0.2, -0.15) is 13.2 Å².